The summed E-state index contributed by atoms with van der Waals surface area (Å²) >= 11 is 0. The first-order valence-corrected chi connectivity index (χ1v) is 12.4. The van der Waals surface area contributed by atoms with Crippen LogP contribution in [0.2, 0.25) is 0 Å². The minimum Gasteiger partial charge on any atom is -0.387 e. The van der Waals surface area contributed by atoms with Crippen molar-refractivity contribution in [1.82, 2.24) is 35.3 Å². The number of anilines is 2. The van der Waals surface area contributed by atoms with Crippen LogP contribution in [0.15, 0.2) is 16.9 Å². The molecule has 5 rings (SSSR count). The number of fused-ring (bicyclic) bond motifs is 1. The number of nitrogens with zero attached hydrogens (tertiary/aromatic N) is 5. The minimum absolute atomic E-state index is 0.122. The van der Waals surface area contributed by atoms with Crippen LogP contribution in [0.3, 0.4) is 0 Å². The number of aliphatic hydroxyl groups excluding tert-OH is 2. The summed E-state index contributed by atoms with van der Waals surface area (Å²) in [6.45, 7) is 4.58. The molecule has 0 aliphatic carbocycles. The van der Waals surface area contributed by atoms with Gasteiger partial charge in [-0.15, -0.1) is 0 Å². The van der Waals surface area contributed by atoms with Gasteiger partial charge in [-0.05, 0) is 32.4 Å². The standard InChI is InChI=1S/C22H33N11O4/c1-2-11-9-13(37-32-11)17-15(34)16(35)20(36-17)33-10-28-14-18(29-12-3-5-25-6-4-12)30-22(31-19(14)33)27-8-7-26-21(23)24/h9-10,12,15-17,20,25,34-35H,2-8H2,1H3,(H4,23,24,26)(H2,27,29,30,31)/t15?,16-,17-,20-/m1/s1. The molecule has 0 spiro atoms. The lowest BCUT2D eigenvalue weighted by atomic mass is 10.1. The van der Waals surface area contributed by atoms with Crippen LogP contribution < -0.4 is 27.0 Å². The highest BCUT2D eigenvalue weighted by molar-refractivity contribution is 5.84. The van der Waals surface area contributed by atoms with E-state index in [9.17, 15) is 10.2 Å². The fourth-order valence-corrected chi connectivity index (χ4v) is 4.57. The van der Waals surface area contributed by atoms with Crippen LogP contribution in [0.25, 0.3) is 11.2 Å². The molecule has 0 saturated carbocycles. The van der Waals surface area contributed by atoms with Gasteiger partial charge in [0.15, 0.2) is 34.9 Å². The lowest BCUT2D eigenvalue weighted by Crippen LogP contribution is -2.35. The lowest BCUT2D eigenvalue weighted by molar-refractivity contribution is -0.0434. The van der Waals surface area contributed by atoms with Crippen molar-refractivity contribution < 1.29 is 19.5 Å². The first-order chi connectivity index (χ1) is 17.9. The average Bonchev–Trinajstić information content (AvgIpc) is 3.61. The van der Waals surface area contributed by atoms with E-state index < -0.39 is 24.5 Å². The van der Waals surface area contributed by atoms with Gasteiger partial charge in [-0.1, -0.05) is 12.1 Å². The molecule has 0 bridgehead atoms. The fourth-order valence-electron chi connectivity index (χ4n) is 4.57. The maximum absolute atomic E-state index is 10.9. The fraction of sp³-hybridized carbons (Fsp3) is 0.591. The molecule has 5 heterocycles. The second-order valence-corrected chi connectivity index (χ2v) is 9.16. The molecule has 3 aromatic rings. The van der Waals surface area contributed by atoms with E-state index in [1.807, 2.05) is 6.92 Å². The molecule has 1 unspecified atom stereocenters. The van der Waals surface area contributed by atoms with Gasteiger partial charge in [-0.3, -0.25) is 9.98 Å². The summed E-state index contributed by atoms with van der Waals surface area (Å²) in [6.07, 6.45) is -0.280. The first-order valence-electron chi connectivity index (χ1n) is 12.4. The van der Waals surface area contributed by atoms with E-state index in [0.717, 1.165) is 31.6 Å². The van der Waals surface area contributed by atoms with Crippen molar-refractivity contribution in [2.75, 3.05) is 36.8 Å². The van der Waals surface area contributed by atoms with Crippen molar-refractivity contribution in [3.05, 3.63) is 23.8 Å². The van der Waals surface area contributed by atoms with Crippen LogP contribution in [0.1, 0.15) is 43.6 Å². The Kier molecular flexibility index (Phi) is 7.36. The van der Waals surface area contributed by atoms with Gasteiger partial charge >= 0.3 is 0 Å². The van der Waals surface area contributed by atoms with Gasteiger partial charge in [0.25, 0.3) is 0 Å². The highest BCUT2D eigenvalue weighted by Crippen LogP contribution is 2.40. The number of aryl methyl sites for hydroxylation is 1. The van der Waals surface area contributed by atoms with E-state index in [1.165, 1.54) is 6.33 Å². The number of imidazole rings is 1. The van der Waals surface area contributed by atoms with Crippen molar-refractivity contribution in [1.29, 1.82) is 5.41 Å². The maximum atomic E-state index is 10.9. The van der Waals surface area contributed by atoms with Gasteiger partial charge in [0.05, 0.1) is 12.0 Å². The van der Waals surface area contributed by atoms with Crippen molar-refractivity contribution in [2.24, 2.45) is 5.73 Å². The monoisotopic (exact) mass is 515 g/mol. The highest BCUT2D eigenvalue weighted by Gasteiger charge is 2.47. The molecule has 3 aromatic heterocycles. The molecule has 0 radical (unpaired) electrons. The van der Waals surface area contributed by atoms with Crippen LogP contribution in [0.4, 0.5) is 11.8 Å². The Bertz CT molecular complexity index is 1220. The van der Waals surface area contributed by atoms with Crippen LogP contribution in [0, 0.1) is 5.41 Å². The zero-order valence-corrected chi connectivity index (χ0v) is 20.5. The molecule has 200 valence electrons. The molecule has 0 amide bonds. The Morgan fingerprint density at radius 1 is 1.24 bits per heavy atom. The first kappa shape index (κ1) is 25.1. The predicted molar refractivity (Wildman–Crippen MR) is 134 cm³/mol. The maximum Gasteiger partial charge on any atom is 0.226 e. The van der Waals surface area contributed by atoms with E-state index in [4.69, 9.17) is 20.4 Å². The third-order valence-corrected chi connectivity index (χ3v) is 6.56. The molecule has 9 N–H and O–H groups in total. The molecule has 15 nitrogen and oxygen atoms in total. The Balaban J connectivity index is 1.44. The predicted octanol–water partition coefficient (Wildman–Crippen LogP) is -0.573. The molecule has 4 atom stereocenters. The Labute approximate surface area is 212 Å². The van der Waals surface area contributed by atoms with Gasteiger partial charge in [0.1, 0.15) is 18.3 Å². The summed E-state index contributed by atoms with van der Waals surface area (Å²) in [7, 11) is 0. The van der Waals surface area contributed by atoms with Crippen molar-refractivity contribution in [3.8, 4) is 0 Å². The lowest BCUT2D eigenvalue weighted by Gasteiger charge is -2.24. The number of aliphatic hydroxyl groups is 2. The highest BCUT2D eigenvalue weighted by atomic mass is 16.6. The number of aromatic nitrogens is 5. The molecule has 2 aliphatic heterocycles. The number of guanidine groups is 1. The summed E-state index contributed by atoms with van der Waals surface area (Å²) in [5.74, 6) is 1.12. The third kappa shape index (κ3) is 5.29. The largest absolute Gasteiger partial charge is 0.387 e. The quantitative estimate of drug-likeness (QED) is 0.102. The van der Waals surface area contributed by atoms with Gasteiger partial charge in [0.2, 0.25) is 5.95 Å². The summed E-state index contributed by atoms with van der Waals surface area (Å²) in [6, 6.07) is 1.94. The van der Waals surface area contributed by atoms with E-state index in [0.29, 0.717) is 48.2 Å². The van der Waals surface area contributed by atoms with Crippen molar-refractivity contribution in [3.63, 3.8) is 0 Å². The molecule has 15 heteroatoms. The number of rotatable bonds is 9. The molecule has 2 saturated heterocycles. The van der Waals surface area contributed by atoms with Crippen molar-refractivity contribution >= 4 is 28.9 Å². The topological polar surface area (TPSA) is 217 Å². The summed E-state index contributed by atoms with van der Waals surface area (Å²) in [5.41, 5.74) is 7.03. The third-order valence-electron chi connectivity index (χ3n) is 6.56. The number of ether oxygens (including phenoxy) is 1. The summed E-state index contributed by atoms with van der Waals surface area (Å²) < 4.78 is 13.0. The SMILES string of the molecule is CCc1cc([C@H]2O[C@@H](n3cnc4c(NC5CCNCC5)nc(NCCNC(=N)N)nc43)[C@H](O)C2O)on1. The number of piperidine rings is 1. The molecular weight excluding hydrogens is 482 g/mol. The Hall–Kier alpha value is -3.53. The number of hydrogen-bond acceptors (Lipinski definition) is 12. The number of hydrogen-bond donors (Lipinski definition) is 8. The average molecular weight is 516 g/mol. The number of nitrogens with two attached hydrogens (primary N) is 1. The normalized spacial score (nSPS) is 24.4. The van der Waals surface area contributed by atoms with E-state index in [1.54, 1.807) is 10.6 Å². The summed E-state index contributed by atoms with van der Waals surface area (Å²) in [5, 5.41) is 45.6. The van der Waals surface area contributed by atoms with Gasteiger partial charge in [-0.25, -0.2) is 4.98 Å². The van der Waals surface area contributed by atoms with E-state index >= 15 is 0 Å². The molecular formula is C22H33N11O4. The molecule has 37 heavy (non-hydrogen) atoms. The van der Waals surface area contributed by atoms with Gasteiger partial charge in [0, 0.05) is 25.2 Å². The second-order valence-electron chi connectivity index (χ2n) is 9.16. The number of nitrogens with one attached hydrogen (secondary N) is 5. The van der Waals surface area contributed by atoms with Gasteiger partial charge in [-0.2, -0.15) is 9.97 Å². The minimum atomic E-state index is -1.26. The molecule has 0 aromatic carbocycles. The van der Waals surface area contributed by atoms with Crippen LogP contribution in [-0.2, 0) is 11.2 Å². The second kappa shape index (κ2) is 10.8. The van der Waals surface area contributed by atoms with Crippen LogP contribution in [0.5, 0.6) is 0 Å². The summed E-state index contributed by atoms with van der Waals surface area (Å²) in [4.78, 5) is 13.8. The Morgan fingerprint density at radius 2 is 2.05 bits per heavy atom. The van der Waals surface area contributed by atoms with Gasteiger partial charge < -0.3 is 46.5 Å². The van der Waals surface area contributed by atoms with E-state index in [2.05, 4.69) is 41.4 Å². The zero-order chi connectivity index (χ0) is 25.9. The van der Waals surface area contributed by atoms with E-state index in [-0.39, 0.29) is 12.0 Å². The van der Waals surface area contributed by atoms with Crippen molar-refractivity contribution in [2.45, 2.75) is 56.8 Å². The molecule has 2 fully saturated rings. The zero-order valence-electron chi connectivity index (χ0n) is 20.5. The Morgan fingerprint density at radius 3 is 2.78 bits per heavy atom. The smallest absolute Gasteiger partial charge is 0.226 e. The van der Waals surface area contributed by atoms with Crippen LogP contribution in [-0.4, -0.2) is 85.3 Å². The molecule has 2 aliphatic rings. The van der Waals surface area contributed by atoms with Crippen LogP contribution >= 0.6 is 0 Å².